The van der Waals surface area contributed by atoms with Gasteiger partial charge in [0.1, 0.15) is 11.5 Å². The maximum atomic E-state index is 6.78. The van der Waals surface area contributed by atoms with Crippen LogP contribution >= 0.6 is 11.8 Å². The van der Waals surface area contributed by atoms with E-state index in [1.807, 2.05) is 23.9 Å². The van der Waals surface area contributed by atoms with Gasteiger partial charge in [-0.3, -0.25) is 0 Å². The average Bonchev–Trinajstić information content (AvgIpc) is 3.37. The number of nitrogens with zero attached hydrogens (tertiary/aromatic N) is 2. The summed E-state index contributed by atoms with van der Waals surface area (Å²) in [6, 6.07) is 39.4. The van der Waals surface area contributed by atoms with Crippen molar-refractivity contribution < 1.29 is 4.74 Å². The van der Waals surface area contributed by atoms with Crippen LogP contribution in [-0.4, -0.2) is 9.97 Å². The summed E-state index contributed by atoms with van der Waals surface area (Å²) in [4.78, 5) is 12.5. The van der Waals surface area contributed by atoms with E-state index >= 15 is 0 Å². The fraction of sp³-hybridized carbons (Fsp3) is 0.238. The number of para-hydroxylation sites is 1. The Kier molecular flexibility index (Phi) is 5.22. The Morgan fingerprint density at radius 1 is 0.587 bits per heavy atom. The van der Waals surface area contributed by atoms with Crippen molar-refractivity contribution in [3.05, 3.63) is 120 Å². The molecule has 6 aromatic rings. The molecule has 0 unspecified atom stereocenters. The van der Waals surface area contributed by atoms with Gasteiger partial charge in [-0.05, 0) is 114 Å². The quantitative estimate of drug-likeness (QED) is 0.195. The first-order valence-electron chi connectivity index (χ1n) is 16.8. The minimum atomic E-state index is 0.149. The SMILES string of the molecule is c1ccc(-c2nc(-c3ccc4c(c3)Sc3cc5c(cc3O4)C3(c4ccccc4-5)C4CC5CC(C4)CC3C5)nc3ccccc23)cc1. The molecule has 222 valence electrons. The van der Waals surface area contributed by atoms with Crippen LogP contribution in [0.4, 0.5) is 0 Å². The van der Waals surface area contributed by atoms with Crippen molar-refractivity contribution in [1.29, 1.82) is 0 Å². The molecule has 0 amide bonds. The number of aromatic nitrogens is 2. The molecule has 1 aromatic heterocycles. The fourth-order valence-electron chi connectivity index (χ4n) is 10.4. The van der Waals surface area contributed by atoms with E-state index in [9.17, 15) is 0 Å². The summed E-state index contributed by atoms with van der Waals surface area (Å²) in [5.41, 5.74) is 10.2. The van der Waals surface area contributed by atoms with E-state index in [-0.39, 0.29) is 5.41 Å². The van der Waals surface area contributed by atoms with Crippen molar-refractivity contribution in [2.45, 2.75) is 47.3 Å². The van der Waals surface area contributed by atoms with Gasteiger partial charge in [0.25, 0.3) is 0 Å². The average molecular weight is 613 g/mol. The smallest absolute Gasteiger partial charge is 0.160 e. The van der Waals surface area contributed by atoms with Crippen molar-refractivity contribution in [3.8, 4) is 45.3 Å². The van der Waals surface area contributed by atoms with Gasteiger partial charge in [-0.2, -0.15) is 0 Å². The van der Waals surface area contributed by atoms with Gasteiger partial charge in [0, 0.05) is 21.9 Å². The van der Waals surface area contributed by atoms with E-state index in [0.29, 0.717) is 0 Å². The highest BCUT2D eigenvalue weighted by atomic mass is 32.2. The molecule has 4 heteroatoms. The molecule has 2 heterocycles. The molecule has 4 fully saturated rings. The molecule has 6 aliphatic rings. The number of hydrogen-bond acceptors (Lipinski definition) is 4. The molecule has 3 nitrogen and oxygen atoms in total. The van der Waals surface area contributed by atoms with E-state index < -0.39 is 0 Å². The molecule has 5 aliphatic carbocycles. The minimum Gasteiger partial charge on any atom is -0.455 e. The van der Waals surface area contributed by atoms with Crippen LogP contribution in [0, 0.1) is 23.7 Å². The summed E-state index contributed by atoms with van der Waals surface area (Å²) in [5, 5.41) is 1.06. The molecule has 12 rings (SSSR count). The zero-order valence-corrected chi connectivity index (χ0v) is 26.3. The molecule has 0 atom stereocenters. The lowest BCUT2D eigenvalue weighted by atomic mass is 9.43. The van der Waals surface area contributed by atoms with Gasteiger partial charge in [-0.15, -0.1) is 0 Å². The van der Waals surface area contributed by atoms with Gasteiger partial charge in [-0.1, -0.05) is 84.6 Å². The Balaban J connectivity index is 1.02. The molecule has 1 aliphatic heterocycles. The van der Waals surface area contributed by atoms with E-state index in [1.54, 1.807) is 11.1 Å². The first-order chi connectivity index (χ1) is 22.7. The van der Waals surface area contributed by atoms with Crippen LogP contribution in [0.25, 0.3) is 44.7 Å². The maximum absolute atomic E-state index is 6.78. The van der Waals surface area contributed by atoms with Gasteiger partial charge in [0.2, 0.25) is 0 Å². The highest BCUT2D eigenvalue weighted by molar-refractivity contribution is 7.99. The predicted octanol–water partition coefficient (Wildman–Crippen LogP) is 10.9. The molecule has 0 radical (unpaired) electrons. The third kappa shape index (κ3) is 3.46. The predicted molar refractivity (Wildman–Crippen MR) is 184 cm³/mol. The molecule has 4 bridgehead atoms. The lowest BCUT2D eigenvalue weighted by Gasteiger charge is -2.61. The molecular formula is C42H32N2OS. The van der Waals surface area contributed by atoms with Crippen LogP contribution in [0.5, 0.6) is 11.5 Å². The van der Waals surface area contributed by atoms with E-state index in [1.165, 1.54) is 48.1 Å². The van der Waals surface area contributed by atoms with Gasteiger partial charge in [0.15, 0.2) is 5.82 Å². The van der Waals surface area contributed by atoms with Crippen LogP contribution in [0.15, 0.2) is 119 Å². The Labute approximate surface area is 273 Å². The van der Waals surface area contributed by atoms with E-state index in [4.69, 9.17) is 14.7 Å². The minimum absolute atomic E-state index is 0.149. The Bertz CT molecular complexity index is 2210. The Morgan fingerprint density at radius 2 is 1.33 bits per heavy atom. The molecule has 5 aromatic carbocycles. The number of benzene rings is 5. The summed E-state index contributed by atoms with van der Waals surface area (Å²) in [5.74, 6) is 6.03. The monoisotopic (exact) mass is 612 g/mol. The zero-order valence-electron chi connectivity index (χ0n) is 25.4. The highest BCUT2D eigenvalue weighted by Gasteiger charge is 2.61. The normalized spacial score (nSPS) is 26.0. The largest absolute Gasteiger partial charge is 0.455 e. The van der Waals surface area contributed by atoms with E-state index in [2.05, 4.69) is 97.1 Å². The number of rotatable bonds is 2. The summed E-state index contributed by atoms with van der Waals surface area (Å²) in [7, 11) is 0. The Morgan fingerprint density at radius 3 is 2.17 bits per heavy atom. The lowest BCUT2D eigenvalue weighted by Crippen LogP contribution is -2.55. The molecule has 4 saturated carbocycles. The van der Waals surface area contributed by atoms with Crippen molar-refractivity contribution in [2.24, 2.45) is 23.7 Å². The fourth-order valence-corrected chi connectivity index (χ4v) is 11.4. The summed E-state index contributed by atoms with van der Waals surface area (Å²) < 4.78 is 6.78. The molecule has 1 spiro atoms. The van der Waals surface area contributed by atoms with Crippen molar-refractivity contribution in [1.82, 2.24) is 9.97 Å². The molecular weight excluding hydrogens is 581 g/mol. The van der Waals surface area contributed by atoms with Crippen LogP contribution < -0.4 is 4.74 Å². The first kappa shape index (κ1) is 25.7. The summed E-state index contributed by atoms with van der Waals surface area (Å²) in [6.45, 7) is 0. The van der Waals surface area contributed by atoms with Crippen molar-refractivity contribution in [2.75, 3.05) is 0 Å². The molecule has 46 heavy (non-hydrogen) atoms. The number of hydrogen-bond donors (Lipinski definition) is 0. The topological polar surface area (TPSA) is 35.0 Å². The second-order valence-corrected chi connectivity index (χ2v) is 15.3. The van der Waals surface area contributed by atoms with Crippen molar-refractivity contribution >= 4 is 22.7 Å². The molecule has 0 N–H and O–H groups in total. The number of fused-ring (bicyclic) bond motifs is 6. The first-order valence-corrected chi connectivity index (χ1v) is 17.6. The Hall–Kier alpha value is -4.41. The zero-order chi connectivity index (χ0) is 30.0. The highest BCUT2D eigenvalue weighted by Crippen LogP contribution is 2.70. The summed E-state index contributed by atoms with van der Waals surface area (Å²) in [6.07, 6.45) is 7.03. The second kappa shape index (κ2) is 9.33. The third-order valence-corrected chi connectivity index (χ3v) is 13.0. The lowest BCUT2D eigenvalue weighted by molar-refractivity contribution is -0.0400. The number of ether oxygens (including phenoxy) is 1. The van der Waals surface area contributed by atoms with Gasteiger partial charge >= 0.3 is 0 Å². The van der Waals surface area contributed by atoms with Gasteiger partial charge in [-0.25, -0.2) is 9.97 Å². The third-order valence-electron chi connectivity index (χ3n) is 11.9. The maximum Gasteiger partial charge on any atom is 0.160 e. The van der Waals surface area contributed by atoms with Gasteiger partial charge < -0.3 is 4.74 Å². The van der Waals surface area contributed by atoms with Crippen LogP contribution in [0.2, 0.25) is 0 Å². The molecule has 0 saturated heterocycles. The van der Waals surface area contributed by atoms with Crippen LogP contribution in [-0.2, 0) is 5.41 Å². The summed E-state index contributed by atoms with van der Waals surface area (Å²) >= 11 is 1.82. The van der Waals surface area contributed by atoms with E-state index in [0.717, 1.165) is 73.6 Å². The van der Waals surface area contributed by atoms with Crippen LogP contribution in [0.3, 0.4) is 0 Å². The van der Waals surface area contributed by atoms with Crippen LogP contribution in [0.1, 0.15) is 43.2 Å². The van der Waals surface area contributed by atoms with Gasteiger partial charge in [0.05, 0.1) is 21.0 Å². The second-order valence-electron chi connectivity index (χ2n) is 14.2. The standard InChI is InChI=1S/C42H32N2OS/c1-2-8-26(9-3-1)40-31-11-5-7-13-35(31)43-41(44-40)27-14-15-36-38(21-27)46-39-22-32-30-10-4-6-12-33(30)42(34(32)23-37(39)45-36)28-17-24-16-25(19-28)20-29(42)18-24/h1-15,21-25,28-29H,16-20H2. The van der Waals surface area contributed by atoms with Crippen molar-refractivity contribution in [3.63, 3.8) is 0 Å².